The van der Waals surface area contributed by atoms with Crippen molar-refractivity contribution < 1.29 is 0 Å². The molecule has 1 aliphatic heterocycles. The number of anilines is 5. The second-order valence-corrected chi connectivity index (χ2v) is 6.46. The van der Waals surface area contributed by atoms with E-state index in [4.69, 9.17) is 0 Å². The lowest BCUT2D eigenvalue weighted by atomic mass is 10.2. The highest BCUT2D eigenvalue weighted by Crippen LogP contribution is 2.22. The lowest BCUT2D eigenvalue weighted by Gasteiger charge is -2.17. The number of hydrogen-bond acceptors (Lipinski definition) is 6. The van der Waals surface area contributed by atoms with Crippen molar-refractivity contribution in [2.75, 3.05) is 28.6 Å². The lowest BCUT2D eigenvalue weighted by molar-refractivity contribution is 0.886. The Hall–Kier alpha value is -2.86. The number of nitrogens with one attached hydrogen (secondary N) is 2. The molecular weight excluding hydrogens is 360 g/mol. The molecule has 4 rings (SSSR count). The summed E-state index contributed by atoms with van der Waals surface area (Å²) >= 11 is 0. The minimum Gasteiger partial charge on any atom is -0.341 e. The van der Waals surface area contributed by atoms with Crippen LogP contribution in [0.2, 0.25) is 0 Å². The minimum absolute atomic E-state index is 0. The van der Waals surface area contributed by atoms with E-state index in [9.17, 15) is 0 Å². The van der Waals surface area contributed by atoms with Crippen LogP contribution in [0.3, 0.4) is 0 Å². The number of rotatable bonds is 5. The van der Waals surface area contributed by atoms with Crippen LogP contribution < -0.4 is 15.5 Å². The van der Waals surface area contributed by atoms with Crippen LogP contribution in [-0.4, -0.2) is 28.0 Å². The van der Waals surface area contributed by atoms with Gasteiger partial charge in [-0.15, -0.1) is 12.4 Å². The van der Waals surface area contributed by atoms with E-state index in [0.29, 0.717) is 17.8 Å². The second-order valence-electron chi connectivity index (χ2n) is 6.46. The maximum Gasteiger partial charge on any atom is 0.233 e. The van der Waals surface area contributed by atoms with Gasteiger partial charge in [-0.1, -0.05) is 30.3 Å². The van der Waals surface area contributed by atoms with Gasteiger partial charge >= 0.3 is 0 Å². The van der Waals surface area contributed by atoms with Crippen molar-refractivity contribution in [1.82, 2.24) is 15.0 Å². The maximum absolute atomic E-state index is 4.63. The van der Waals surface area contributed by atoms with E-state index in [2.05, 4.69) is 49.5 Å². The van der Waals surface area contributed by atoms with Crippen molar-refractivity contribution in [3.63, 3.8) is 0 Å². The number of aryl methyl sites for hydroxylation is 1. The average molecular weight is 383 g/mol. The van der Waals surface area contributed by atoms with Crippen LogP contribution in [0.5, 0.6) is 0 Å². The van der Waals surface area contributed by atoms with Crippen molar-refractivity contribution in [1.29, 1.82) is 0 Å². The van der Waals surface area contributed by atoms with Gasteiger partial charge in [0.2, 0.25) is 17.8 Å². The summed E-state index contributed by atoms with van der Waals surface area (Å²) in [6, 6.07) is 18.1. The van der Waals surface area contributed by atoms with Crippen LogP contribution in [0, 0.1) is 6.92 Å². The highest BCUT2D eigenvalue weighted by atomic mass is 35.5. The van der Waals surface area contributed by atoms with Crippen LogP contribution in [-0.2, 0) is 0 Å². The molecule has 1 aromatic heterocycles. The van der Waals surface area contributed by atoms with E-state index in [1.807, 2.05) is 42.5 Å². The van der Waals surface area contributed by atoms with Crippen LogP contribution in [0.15, 0.2) is 54.6 Å². The molecule has 0 unspecified atom stereocenters. The monoisotopic (exact) mass is 382 g/mol. The molecule has 6 nitrogen and oxygen atoms in total. The Morgan fingerprint density at radius 1 is 0.778 bits per heavy atom. The van der Waals surface area contributed by atoms with Gasteiger partial charge in [-0.25, -0.2) is 0 Å². The fourth-order valence-electron chi connectivity index (χ4n) is 3.04. The van der Waals surface area contributed by atoms with Crippen molar-refractivity contribution in [3.05, 3.63) is 60.2 Å². The zero-order valence-electron chi connectivity index (χ0n) is 15.2. The molecule has 2 aromatic carbocycles. The molecule has 0 aliphatic carbocycles. The molecule has 0 saturated carbocycles. The zero-order chi connectivity index (χ0) is 17.8. The Morgan fingerprint density at radius 2 is 1.41 bits per heavy atom. The van der Waals surface area contributed by atoms with Crippen LogP contribution in [0.25, 0.3) is 0 Å². The topological polar surface area (TPSA) is 66.0 Å². The van der Waals surface area contributed by atoms with Gasteiger partial charge in [0.1, 0.15) is 0 Å². The third-order valence-corrected chi connectivity index (χ3v) is 4.32. The molecule has 7 heteroatoms. The van der Waals surface area contributed by atoms with Crippen molar-refractivity contribution >= 4 is 41.6 Å². The molecule has 0 amide bonds. The number of hydrogen-bond donors (Lipinski definition) is 2. The van der Waals surface area contributed by atoms with Gasteiger partial charge in [0, 0.05) is 24.5 Å². The number of halogens is 1. The first kappa shape index (κ1) is 18.9. The average Bonchev–Trinajstić information content (AvgIpc) is 3.17. The van der Waals surface area contributed by atoms with Crippen LogP contribution >= 0.6 is 12.4 Å². The predicted octanol–water partition coefficient (Wildman–Crippen LogP) is 4.69. The summed E-state index contributed by atoms with van der Waals surface area (Å²) in [5.74, 6) is 1.81. The summed E-state index contributed by atoms with van der Waals surface area (Å²) in [5.41, 5.74) is 3.10. The summed E-state index contributed by atoms with van der Waals surface area (Å²) in [4.78, 5) is 16.0. The Morgan fingerprint density at radius 3 is 2.07 bits per heavy atom. The van der Waals surface area contributed by atoms with Gasteiger partial charge in [-0.3, -0.25) is 0 Å². The SMILES string of the molecule is Cc1cccc(Nc2nc(Nc3ccccc3)nc(N3CCCC3)n2)c1.Cl. The Labute approximate surface area is 165 Å². The Kier molecular flexibility index (Phi) is 6.08. The third kappa shape index (κ3) is 4.86. The molecule has 1 aliphatic rings. The fourth-order valence-corrected chi connectivity index (χ4v) is 3.04. The van der Waals surface area contributed by atoms with Crippen molar-refractivity contribution in [2.45, 2.75) is 19.8 Å². The van der Waals surface area contributed by atoms with Gasteiger partial charge in [-0.05, 0) is 49.6 Å². The summed E-state index contributed by atoms with van der Waals surface area (Å²) in [5, 5.41) is 6.58. The first-order valence-electron chi connectivity index (χ1n) is 8.93. The summed E-state index contributed by atoms with van der Waals surface area (Å²) in [6.45, 7) is 4.04. The van der Waals surface area contributed by atoms with E-state index in [1.165, 1.54) is 18.4 Å². The zero-order valence-corrected chi connectivity index (χ0v) is 16.0. The van der Waals surface area contributed by atoms with Crippen molar-refractivity contribution in [3.8, 4) is 0 Å². The standard InChI is InChI=1S/C20H22N6.ClH/c1-15-8-7-11-17(14-15)22-19-23-18(21-16-9-3-2-4-10-16)24-20(25-19)26-12-5-6-13-26;/h2-4,7-11,14H,5-6,12-13H2,1H3,(H2,21,22,23,24,25);1H. The molecule has 3 aromatic rings. The van der Waals surface area contributed by atoms with E-state index in [-0.39, 0.29) is 12.4 Å². The quantitative estimate of drug-likeness (QED) is 0.667. The smallest absolute Gasteiger partial charge is 0.233 e. The van der Waals surface area contributed by atoms with E-state index < -0.39 is 0 Å². The van der Waals surface area contributed by atoms with Gasteiger partial charge < -0.3 is 15.5 Å². The van der Waals surface area contributed by atoms with Crippen molar-refractivity contribution in [2.24, 2.45) is 0 Å². The van der Waals surface area contributed by atoms with Gasteiger partial charge in [0.25, 0.3) is 0 Å². The van der Waals surface area contributed by atoms with Crippen LogP contribution in [0.4, 0.5) is 29.2 Å². The summed E-state index contributed by atoms with van der Waals surface area (Å²) in [6.07, 6.45) is 2.35. The molecule has 1 fully saturated rings. The molecule has 2 heterocycles. The predicted molar refractivity (Wildman–Crippen MR) is 113 cm³/mol. The van der Waals surface area contributed by atoms with Gasteiger partial charge in [-0.2, -0.15) is 15.0 Å². The van der Waals surface area contributed by atoms with E-state index in [1.54, 1.807) is 0 Å². The van der Waals surface area contributed by atoms with Crippen LogP contribution in [0.1, 0.15) is 18.4 Å². The number of benzene rings is 2. The minimum atomic E-state index is 0. The first-order valence-corrected chi connectivity index (χ1v) is 8.93. The number of nitrogens with zero attached hydrogens (tertiary/aromatic N) is 4. The fraction of sp³-hybridized carbons (Fsp3) is 0.250. The molecule has 0 spiro atoms. The highest BCUT2D eigenvalue weighted by Gasteiger charge is 2.17. The van der Waals surface area contributed by atoms with Gasteiger partial charge in [0.15, 0.2) is 0 Å². The lowest BCUT2D eigenvalue weighted by Crippen LogP contribution is -2.21. The summed E-state index contributed by atoms with van der Waals surface area (Å²) in [7, 11) is 0. The molecule has 2 N–H and O–H groups in total. The maximum atomic E-state index is 4.63. The molecular formula is C20H23ClN6. The molecule has 0 radical (unpaired) electrons. The number of para-hydroxylation sites is 1. The Bertz CT molecular complexity index is 881. The second kappa shape index (κ2) is 8.68. The highest BCUT2D eigenvalue weighted by molar-refractivity contribution is 5.85. The summed E-state index contributed by atoms with van der Waals surface area (Å²) < 4.78 is 0. The van der Waals surface area contributed by atoms with Gasteiger partial charge in [0.05, 0.1) is 0 Å². The largest absolute Gasteiger partial charge is 0.341 e. The molecule has 140 valence electrons. The molecule has 0 atom stereocenters. The number of aromatic nitrogens is 3. The Balaban J connectivity index is 0.00000210. The van der Waals surface area contributed by atoms with E-state index >= 15 is 0 Å². The molecule has 0 bridgehead atoms. The van der Waals surface area contributed by atoms with E-state index in [0.717, 1.165) is 24.5 Å². The normalized spacial score (nSPS) is 13.1. The third-order valence-electron chi connectivity index (χ3n) is 4.32. The first-order chi connectivity index (χ1) is 12.8. The molecule has 27 heavy (non-hydrogen) atoms. The molecule has 1 saturated heterocycles.